The molecule has 122 valence electrons. The van der Waals surface area contributed by atoms with Crippen LogP contribution in [0.2, 0.25) is 0 Å². The van der Waals surface area contributed by atoms with Gasteiger partial charge in [0.2, 0.25) is 0 Å². The molecule has 5 nitrogen and oxygen atoms in total. The van der Waals surface area contributed by atoms with Crippen molar-refractivity contribution in [3.05, 3.63) is 42.5 Å². The lowest BCUT2D eigenvalue weighted by atomic mass is 10.1. The van der Waals surface area contributed by atoms with Gasteiger partial charge in [-0.3, -0.25) is 15.6 Å². The van der Waals surface area contributed by atoms with Gasteiger partial charge < -0.3 is 10.1 Å². The summed E-state index contributed by atoms with van der Waals surface area (Å²) in [5.74, 6) is 0.365. The molecule has 0 aliphatic rings. The zero-order valence-electron chi connectivity index (χ0n) is 13.5. The molecule has 0 fully saturated rings. The Balaban J connectivity index is 1.86. The molecule has 0 aliphatic carbocycles. The monoisotopic (exact) mass is 331 g/mol. The number of hydrogen-bond donors (Lipinski definition) is 3. The van der Waals surface area contributed by atoms with Crippen molar-refractivity contribution in [3.8, 4) is 5.75 Å². The molecule has 1 amide bonds. The number of amides is 1. The lowest BCUT2D eigenvalue weighted by Gasteiger charge is -2.23. The Bertz CT molecular complexity index is 705. The summed E-state index contributed by atoms with van der Waals surface area (Å²) >= 11 is 5.08. The van der Waals surface area contributed by atoms with Crippen molar-refractivity contribution in [2.24, 2.45) is 0 Å². The third-order valence-electron chi connectivity index (χ3n) is 2.91. The number of nitrogens with one attached hydrogen (secondary N) is 3. The number of rotatable bonds is 3. The first kappa shape index (κ1) is 17.0. The van der Waals surface area contributed by atoms with E-state index in [2.05, 4.69) is 16.2 Å². The Morgan fingerprint density at radius 2 is 1.78 bits per heavy atom. The smallest absolute Gasteiger partial charge is 0.276 e. The van der Waals surface area contributed by atoms with E-state index in [4.69, 9.17) is 17.0 Å². The van der Waals surface area contributed by atoms with Gasteiger partial charge in [-0.15, -0.1) is 0 Å². The van der Waals surface area contributed by atoms with Crippen LogP contribution in [0.4, 0.5) is 0 Å². The molecular formula is C17H21N3O2S. The highest BCUT2D eigenvalue weighted by atomic mass is 32.1. The molecule has 0 saturated heterocycles. The Morgan fingerprint density at radius 3 is 2.52 bits per heavy atom. The first-order chi connectivity index (χ1) is 10.8. The van der Waals surface area contributed by atoms with E-state index in [1.807, 2.05) is 63.2 Å². The van der Waals surface area contributed by atoms with Crippen LogP contribution >= 0.6 is 12.2 Å². The maximum Gasteiger partial charge on any atom is 0.276 e. The highest BCUT2D eigenvalue weighted by molar-refractivity contribution is 7.80. The fourth-order valence-electron chi connectivity index (χ4n) is 2.00. The summed E-state index contributed by atoms with van der Waals surface area (Å²) in [7, 11) is 0. The molecule has 2 rings (SSSR count). The molecule has 2 aromatic rings. The molecule has 0 bridgehead atoms. The van der Waals surface area contributed by atoms with Crippen LogP contribution in [-0.2, 0) is 4.79 Å². The van der Waals surface area contributed by atoms with E-state index in [-0.39, 0.29) is 18.1 Å². The summed E-state index contributed by atoms with van der Waals surface area (Å²) in [6.45, 7) is 5.84. The Labute approximate surface area is 141 Å². The van der Waals surface area contributed by atoms with E-state index >= 15 is 0 Å². The second-order valence-corrected chi connectivity index (χ2v) is 6.55. The standard InChI is InChI=1S/C17H21N3O2S/c1-17(2,3)18-16(23)20-19-15(21)11-22-14-10-6-8-12-7-4-5-9-13(12)14/h4-10H,11H2,1-3H3,(H,19,21)(H2,18,20,23). The summed E-state index contributed by atoms with van der Waals surface area (Å²) in [5, 5.41) is 5.44. The topological polar surface area (TPSA) is 62.4 Å². The zero-order chi connectivity index (χ0) is 16.9. The second kappa shape index (κ2) is 7.28. The third-order valence-corrected chi connectivity index (χ3v) is 3.12. The van der Waals surface area contributed by atoms with Crippen LogP contribution in [0.1, 0.15) is 20.8 Å². The van der Waals surface area contributed by atoms with Gasteiger partial charge in [0.05, 0.1) is 0 Å². The molecule has 0 aromatic heterocycles. The molecule has 0 unspecified atom stereocenters. The minimum absolute atomic E-state index is 0.0981. The molecule has 0 heterocycles. The molecule has 0 saturated carbocycles. The number of thiocarbonyl (C=S) groups is 1. The van der Waals surface area contributed by atoms with E-state index < -0.39 is 0 Å². The Kier molecular flexibility index (Phi) is 5.39. The molecule has 6 heteroatoms. The summed E-state index contributed by atoms with van der Waals surface area (Å²) in [4.78, 5) is 11.8. The molecular weight excluding hydrogens is 310 g/mol. The van der Waals surface area contributed by atoms with E-state index in [0.717, 1.165) is 10.8 Å². The van der Waals surface area contributed by atoms with Crippen molar-refractivity contribution >= 4 is 34.0 Å². The van der Waals surface area contributed by atoms with Gasteiger partial charge in [-0.2, -0.15) is 0 Å². The number of fused-ring (bicyclic) bond motifs is 1. The number of ether oxygens (including phenoxy) is 1. The van der Waals surface area contributed by atoms with Crippen LogP contribution < -0.4 is 20.9 Å². The van der Waals surface area contributed by atoms with Gasteiger partial charge in [0.25, 0.3) is 5.91 Å². The van der Waals surface area contributed by atoms with Gasteiger partial charge in [0.1, 0.15) is 5.75 Å². The van der Waals surface area contributed by atoms with Crippen molar-refractivity contribution in [3.63, 3.8) is 0 Å². The number of carbonyl (C=O) groups is 1. The van der Waals surface area contributed by atoms with E-state index in [9.17, 15) is 4.79 Å². The summed E-state index contributed by atoms with van der Waals surface area (Å²) in [6, 6.07) is 13.6. The molecule has 0 spiro atoms. The predicted octanol–water partition coefficient (Wildman–Crippen LogP) is 2.51. The maximum atomic E-state index is 11.8. The van der Waals surface area contributed by atoms with Crippen LogP contribution in [0.25, 0.3) is 10.8 Å². The first-order valence-electron chi connectivity index (χ1n) is 7.33. The lowest BCUT2D eigenvalue weighted by molar-refractivity contribution is -0.123. The third kappa shape index (κ3) is 5.41. The Morgan fingerprint density at radius 1 is 1.09 bits per heavy atom. The van der Waals surface area contributed by atoms with Crippen LogP contribution in [-0.4, -0.2) is 23.2 Å². The largest absolute Gasteiger partial charge is 0.483 e. The lowest BCUT2D eigenvalue weighted by Crippen LogP contribution is -2.52. The quantitative estimate of drug-likeness (QED) is 0.596. The van der Waals surface area contributed by atoms with Crippen molar-refractivity contribution in [1.82, 2.24) is 16.2 Å². The fourth-order valence-corrected chi connectivity index (χ4v) is 2.36. The van der Waals surface area contributed by atoms with Gasteiger partial charge >= 0.3 is 0 Å². The van der Waals surface area contributed by atoms with Crippen molar-refractivity contribution in [2.75, 3.05) is 6.61 Å². The van der Waals surface area contributed by atoms with Gasteiger partial charge in [0.15, 0.2) is 11.7 Å². The molecule has 0 aliphatic heterocycles. The molecule has 23 heavy (non-hydrogen) atoms. The van der Waals surface area contributed by atoms with Crippen LogP contribution in [0, 0.1) is 0 Å². The van der Waals surface area contributed by atoms with Crippen LogP contribution in [0.15, 0.2) is 42.5 Å². The minimum atomic E-state index is -0.309. The average molecular weight is 331 g/mol. The number of hydrogen-bond acceptors (Lipinski definition) is 3. The summed E-state index contributed by atoms with van der Waals surface area (Å²) in [6.07, 6.45) is 0. The minimum Gasteiger partial charge on any atom is -0.483 e. The van der Waals surface area contributed by atoms with Crippen molar-refractivity contribution in [2.45, 2.75) is 26.3 Å². The van der Waals surface area contributed by atoms with E-state index in [1.165, 1.54) is 0 Å². The second-order valence-electron chi connectivity index (χ2n) is 6.14. The first-order valence-corrected chi connectivity index (χ1v) is 7.73. The Hall–Kier alpha value is -2.34. The molecule has 2 aromatic carbocycles. The summed E-state index contributed by atoms with van der Waals surface area (Å²) in [5.41, 5.74) is 4.99. The van der Waals surface area contributed by atoms with Gasteiger partial charge in [-0.25, -0.2) is 0 Å². The van der Waals surface area contributed by atoms with Crippen molar-refractivity contribution < 1.29 is 9.53 Å². The zero-order valence-corrected chi connectivity index (χ0v) is 14.3. The average Bonchev–Trinajstić information content (AvgIpc) is 2.49. The van der Waals surface area contributed by atoms with Crippen LogP contribution in [0.5, 0.6) is 5.75 Å². The fraction of sp³-hybridized carbons (Fsp3) is 0.294. The van der Waals surface area contributed by atoms with E-state index in [1.54, 1.807) is 0 Å². The highest BCUT2D eigenvalue weighted by Gasteiger charge is 2.11. The van der Waals surface area contributed by atoms with E-state index in [0.29, 0.717) is 10.9 Å². The molecule has 0 radical (unpaired) electrons. The highest BCUT2D eigenvalue weighted by Crippen LogP contribution is 2.24. The SMILES string of the molecule is CC(C)(C)NC(=S)NNC(=O)COc1cccc2ccccc12. The van der Waals surface area contributed by atoms with Gasteiger partial charge in [0, 0.05) is 10.9 Å². The molecule has 3 N–H and O–H groups in total. The maximum absolute atomic E-state index is 11.8. The number of hydrazine groups is 1. The van der Waals surface area contributed by atoms with Gasteiger partial charge in [-0.05, 0) is 44.4 Å². The summed E-state index contributed by atoms with van der Waals surface area (Å²) < 4.78 is 5.60. The van der Waals surface area contributed by atoms with Crippen molar-refractivity contribution in [1.29, 1.82) is 0 Å². The predicted molar refractivity (Wildman–Crippen MR) is 96.2 cm³/mol. The number of benzene rings is 2. The van der Waals surface area contributed by atoms with Gasteiger partial charge in [-0.1, -0.05) is 36.4 Å². The number of carbonyl (C=O) groups excluding carboxylic acids is 1. The normalized spacial score (nSPS) is 10.9. The molecule has 0 atom stereocenters. The van der Waals surface area contributed by atoms with Crippen LogP contribution in [0.3, 0.4) is 0 Å².